The summed E-state index contributed by atoms with van der Waals surface area (Å²) < 4.78 is 26.7. The first-order valence-corrected chi connectivity index (χ1v) is 9.60. The molecule has 1 saturated heterocycles. The number of nitrogens with one attached hydrogen (secondary N) is 1. The van der Waals surface area contributed by atoms with Gasteiger partial charge in [0, 0.05) is 31.6 Å². The van der Waals surface area contributed by atoms with Gasteiger partial charge in [0.1, 0.15) is 0 Å². The van der Waals surface area contributed by atoms with Gasteiger partial charge in [0.15, 0.2) is 0 Å². The SMILES string of the molecule is O=S(=O)(CCCCCl)NC1CCN(Cc2ccccc2)C1. The van der Waals surface area contributed by atoms with Crippen LogP contribution in [0.4, 0.5) is 0 Å². The summed E-state index contributed by atoms with van der Waals surface area (Å²) in [5.41, 5.74) is 1.27. The Hall–Kier alpha value is -0.620. The van der Waals surface area contributed by atoms with Gasteiger partial charge >= 0.3 is 0 Å². The van der Waals surface area contributed by atoms with Crippen molar-refractivity contribution in [3.05, 3.63) is 35.9 Å². The standard InChI is InChI=1S/C15H23ClN2O2S/c16-9-4-5-11-21(19,20)17-15-8-10-18(13-15)12-14-6-2-1-3-7-14/h1-3,6-7,15,17H,4-5,8-13H2. The van der Waals surface area contributed by atoms with Crippen LogP contribution in [0.25, 0.3) is 0 Å². The molecule has 1 aromatic carbocycles. The van der Waals surface area contributed by atoms with Gasteiger partial charge in [-0.2, -0.15) is 0 Å². The molecule has 1 aliphatic heterocycles. The number of likely N-dealkylation sites (tertiary alicyclic amines) is 1. The van der Waals surface area contributed by atoms with Crippen LogP contribution in [0, 0.1) is 0 Å². The predicted molar refractivity (Wildman–Crippen MR) is 87.0 cm³/mol. The van der Waals surface area contributed by atoms with Crippen molar-refractivity contribution in [2.24, 2.45) is 0 Å². The molecule has 1 atom stereocenters. The van der Waals surface area contributed by atoms with E-state index < -0.39 is 10.0 Å². The lowest BCUT2D eigenvalue weighted by atomic mass is 10.2. The van der Waals surface area contributed by atoms with Gasteiger partial charge in [-0.25, -0.2) is 13.1 Å². The summed E-state index contributed by atoms with van der Waals surface area (Å²) in [6, 6.07) is 10.3. The maximum Gasteiger partial charge on any atom is 0.211 e. The third kappa shape index (κ3) is 5.94. The second-order valence-electron chi connectivity index (χ2n) is 5.54. The highest BCUT2D eigenvalue weighted by atomic mass is 35.5. The molecule has 1 aromatic rings. The molecular weight excluding hydrogens is 308 g/mol. The monoisotopic (exact) mass is 330 g/mol. The Kier molecular flexibility index (Phi) is 6.48. The highest BCUT2D eigenvalue weighted by Crippen LogP contribution is 2.14. The molecule has 0 spiro atoms. The zero-order valence-electron chi connectivity index (χ0n) is 12.2. The first kappa shape index (κ1) is 16.7. The molecule has 6 heteroatoms. The molecule has 0 aromatic heterocycles. The molecule has 1 heterocycles. The number of alkyl halides is 1. The lowest BCUT2D eigenvalue weighted by molar-refractivity contribution is 0.324. The normalized spacial score (nSPS) is 20.0. The number of sulfonamides is 1. The fourth-order valence-corrected chi connectivity index (χ4v) is 4.20. The minimum absolute atomic E-state index is 0.0368. The van der Waals surface area contributed by atoms with E-state index in [4.69, 9.17) is 11.6 Å². The van der Waals surface area contributed by atoms with Crippen molar-refractivity contribution in [1.82, 2.24) is 9.62 Å². The summed E-state index contributed by atoms with van der Waals surface area (Å²) >= 11 is 5.57. The van der Waals surface area contributed by atoms with Crippen molar-refractivity contribution < 1.29 is 8.42 Å². The highest BCUT2D eigenvalue weighted by molar-refractivity contribution is 7.89. The van der Waals surface area contributed by atoms with E-state index in [9.17, 15) is 8.42 Å². The van der Waals surface area contributed by atoms with Crippen molar-refractivity contribution in [1.29, 1.82) is 0 Å². The third-order valence-corrected chi connectivity index (χ3v) is 5.45. The second kappa shape index (κ2) is 8.13. The molecule has 0 amide bonds. The summed E-state index contributed by atoms with van der Waals surface area (Å²) in [5, 5.41) is 0. The number of halogens is 1. The molecule has 0 bridgehead atoms. The van der Waals surface area contributed by atoms with E-state index in [2.05, 4.69) is 21.8 Å². The molecule has 1 aliphatic rings. The number of hydrogen-bond donors (Lipinski definition) is 1. The zero-order valence-corrected chi connectivity index (χ0v) is 13.7. The van der Waals surface area contributed by atoms with Crippen LogP contribution >= 0.6 is 11.6 Å². The van der Waals surface area contributed by atoms with Crippen LogP contribution in [0.15, 0.2) is 30.3 Å². The Morgan fingerprint density at radius 1 is 1.24 bits per heavy atom. The van der Waals surface area contributed by atoms with Gasteiger partial charge in [0.05, 0.1) is 5.75 Å². The van der Waals surface area contributed by atoms with Gasteiger partial charge < -0.3 is 0 Å². The van der Waals surface area contributed by atoms with Crippen LogP contribution in [0.3, 0.4) is 0 Å². The molecule has 1 fully saturated rings. The van der Waals surface area contributed by atoms with E-state index in [1.807, 2.05) is 18.2 Å². The molecule has 4 nitrogen and oxygen atoms in total. The van der Waals surface area contributed by atoms with Crippen LogP contribution in [-0.4, -0.2) is 44.1 Å². The maximum atomic E-state index is 12.0. The lowest BCUT2D eigenvalue weighted by Gasteiger charge is -2.16. The van der Waals surface area contributed by atoms with Crippen molar-refractivity contribution >= 4 is 21.6 Å². The Balaban J connectivity index is 1.77. The van der Waals surface area contributed by atoms with E-state index in [-0.39, 0.29) is 11.8 Å². The molecule has 1 unspecified atom stereocenters. The van der Waals surface area contributed by atoms with E-state index in [1.54, 1.807) is 0 Å². The van der Waals surface area contributed by atoms with Gasteiger partial charge in [-0.15, -0.1) is 11.6 Å². The molecule has 0 radical (unpaired) electrons. The number of hydrogen-bond acceptors (Lipinski definition) is 3. The van der Waals surface area contributed by atoms with Crippen molar-refractivity contribution in [2.45, 2.75) is 31.8 Å². The zero-order chi connectivity index (χ0) is 15.1. The number of unbranched alkanes of at least 4 members (excludes halogenated alkanes) is 1. The van der Waals surface area contributed by atoms with Crippen LogP contribution in [0.1, 0.15) is 24.8 Å². The van der Waals surface area contributed by atoms with Crippen LogP contribution < -0.4 is 4.72 Å². The van der Waals surface area contributed by atoms with Crippen LogP contribution in [0.5, 0.6) is 0 Å². The average Bonchev–Trinajstić information content (AvgIpc) is 2.86. The van der Waals surface area contributed by atoms with Gasteiger partial charge in [-0.1, -0.05) is 30.3 Å². The fraction of sp³-hybridized carbons (Fsp3) is 0.600. The summed E-state index contributed by atoms with van der Waals surface area (Å²) in [6.07, 6.45) is 2.24. The van der Waals surface area contributed by atoms with Gasteiger partial charge in [0.2, 0.25) is 10.0 Å². The first-order valence-electron chi connectivity index (χ1n) is 7.41. The van der Waals surface area contributed by atoms with E-state index in [0.717, 1.165) is 32.5 Å². The summed E-state index contributed by atoms with van der Waals surface area (Å²) in [4.78, 5) is 2.29. The largest absolute Gasteiger partial charge is 0.297 e. The quantitative estimate of drug-likeness (QED) is 0.587. The summed E-state index contributed by atoms with van der Waals surface area (Å²) in [6.45, 7) is 2.60. The smallest absolute Gasteiger partial charge is 0.211 e. The van der Waals surface area contributed by atoms with Gasteiger partial charge in [-0.05, 0) is 24.8 Å². The predicted octanol–water partition coefficient (Wildman–Crippen LogP) is 2.20. The van der Waals surface area contributed by atoms with Crippen molar-refractivity contribution in [3.8, 4) is 0 Å². The van der Waals surface area contributed by atoms with Crippen LogP contribution in [-0.2, 0) is 16.6 Å². The van der Waals surface area contributed by atoms with E-state index in [1.165, 1.54) is 5.56 Å². The summed E-state index contributed by atoms with van der Waals surface area (Å²) in [7, 11) is -3.17. The topological polar surface area (TPSA) is 49.4 Å². The van der Waals surface area contributed by atoms with Crippen LogP contribution in [0.2, 0.25) is 0 Å². The first-order chi connectivity index (χ1) is 10.1. The van der Waals surface area contributed by atoms with Gasteiger partial charge in [0.25, 0.3) is 0 Å². The Morgan fingerprint density at radius 3 is 2.71 bits per heavy atom. The third-order valence-electron chi connectivity index (χ3n) is 3.66. The molecule has 1 N–H and O–H groups in total. The Morgan fingerprint density at radius 2 is 2.00 bits per heavy atom. The molecule has 0 saturated carbocycles. The highest BCUT2D eigenvalue weighted by Gasteiger charge is 2.26. The number of benzene rings is 1. The molecular formula is C15H23ClN2O2S. The van der Waals surface area contributed by atoms with E-state index in [0.29, 0.717) is 12.3 Å². The average molecular weight is 331 g/mol. The number of rotatable bonds is 8. The Labute approximate surface area is 132 Å². The minimum atomic E-state index is -3.17. The van der Waals surface area contributed by atoms with Gasteiger partial charge in [-0.3, -0.25) is 4.90 Å². The van der Waals surface area contributed by atoms with E-state index >= 15 is 0 Å². The molecule has 2 rings (SSSR count). The summed E-state index contributed by atoms with van der Waals surface area (Å²) in [5.74, 6) is 0.693. The van der Waals surface area contributed by atoms with Crippen molar-refractivity contribution in [2.75, 3.05) is 24.7 Å². The minimum Gasteiger partial charge on any atom is -0.297 e. The maximum absolute atomic E-state index is 12.0. The molecule has 0 aliphatic carbocycles. The Bertz CT molecular complexity index is 522. The second-order valence-corrected chi connectivity index (χ2v) is 7.79. The fourth-order valence-electron chi connectivity index (χ4n) is 2.61. The molecule has 118 valence electrons. The molecule has 21 heavy (non-hydrogen) atoms. The van der Waals surface area contributed by atoms with Crippen molar-refractivity contribution in [3.63, 3.8) is 0 Å². The lowest BCUT2D eigenvalue weighted by Crippen LogP contribution is -2.38. The number of nitrogens with zero attached hydrogens (tertiary/aromatic N) is 1.